The van der Waals surface area contributed by atoms with Gasteiger partial charge in [0.05, 0.1) is 6.04 Å². The lowest BCUT2D eigenvalue weighted by Crippen LogP contribution is -2.57. The van der Waals surface area contributed by atoms with Crippen molar-refractivity contribution in [1.29, 1.82) is 0 Å². The fraction of sp³-hybridized carbons (Fsp3) is 0.545. The first kappa shape index (κ1) is 26.9. The maximum Gasteiger partial charge on any atom is 0.322 e. The van der Waals surface area contributed by atoms with Gasteiger partial charge in [-0.2, -0.15) is 0 Å². The molecule has 1 rings (SSSR count). The fourth-order valence-electron chi connectivity index (χ4n) is 2.91. The van der Waals surface area contributed by atoms with E-state index in [1.807, 2.05) is 13.8 Å². The van der Waals surface area contributed by atoms with Gasteiger partial charge in [-0.05, 0) is 36.0 Å². The molecule has 7 N–H and O–H groups in total. The number of phenolic OH excluding ortho intramolecular Hbond substituents is 1. The van der Waals surface area contributed by atoms with E-state index < -0.39 is 48.4 Å². The molecule has 0 aliphatic heterocycles. The van der Waals surface area contributed by atoms with Gasteiger partial charge in [-0.3, -0.25) is 19.2 Å². The quantitative estimate of drug-likeness (QED) is 0.263. The number of hydrogen-bond acceptors (Lipinski definition) is 6. The zero-order chi connectivity index (χ0) is 24.4. The lowest BCUT2D eigenvalue weighted by Gasteiger charge is -2.26. The van der Waals surface area contributed by atoms with E-state index in [-0.39, 0.29) is 24.0 Å². The Bertz CT molecular complexity index is 794. The largest absolute Gasteiger partial charge is 0.508 e. The summed E-state index contributed by atoms with van der Waals surface area (Å²) < 4.78 is 0. The number of nitrogens with one attached hydrogen (secondary N) is 3. The molecule has 3 amide bonds. The van der Waals surface area contributed by atoms with Crippen molar-refractivity contribution in [3.63, 3.8) is 0 Å². The molecule has 0 radical (unpaired) electrons. The SMILES string of the molecule is CC(C)CC(NC(=O)C(N)C(C)C)C(=O)NC(Cc1ccc(O)cc1)C(=O)NCC(=O)O. The average Bonchev–Trinajstić information content (AvgIpc) is 2.71. The Hall–Kier alpha value is -3.14. The van der Waals surface area contributed by atoms with Crippen LogP contribution < -0.4 is 21.7 Å². The first-order chi connectivity index (χ1) is 14.9. The number of nitrogens with two attached hydrogens (primary N) is 1. The van der Waals surface area contributed by atoms with Crippen LogP contribution in [0, 0.1) is 11.8 Å². The van der Waals surface area contributed by atoms with Crippen LogP contribution in [0.25, 0.3) is 0 Å². The number of carbonyl (C=O) groups excluding carboxylic acids is 3. The zero-order valence-electron chi connectivity index (χ0n) is 18.9. The molecule has 0 aromatic heterocycles. The van der Waals surface area contributed by atoms with Crippen LogP contribution in [0.4, 0.5) is 0 Å². The van der Waals surface area contributed by atoms with Crippen molar-refractivity contribution in [3.05, 3.63) is 29.8 Å². The maximum absolute atomic E-state index is 13.0. The Morgan fingerprint density at radius 1 is 0.906 bits per heavy atom. The van der Waals surface area contributed by atoms with Crippen LogP contribution in [-0.4, -0.2) is 58.6 Å². The lowest BCUT2D eigenvalue weighted by molar-refractivity contribution is -0.138. The Balaban J connectivity index is 3.03. The van der Waals surface area contributed by atoms with E-state index in [1.54, 1.807) is 26.0 Å². The standard InChI is InChI=1S/C22H34N4O6/c1-12(2)9-16(26-22(32)19(23)13(3)4)21(31)25-17(20(30)24-11-18(28)29)10-14-5-7-15(27)8-6-14/h5-8,12-13,16-17,19,27H,9-11,23H2,1-4H3,(H,24,30)(H,25,31)(H,26,32)(H,28,29). The van der Waals surface area contributed by atoms with Gasteiger partial charge in [0.15, 0.2) is 0 Å². The number of carboxylic acid groups (broad SMARTS) is 1. The van der Waals surface area contributed by atoms with Crippen LogP contribution in [0.2, 0.25) is 0 Å². The number of hydrogen-bond donors (Lipinski definition) is 6. The van der Waals surface area contributed by atoms with Crippen LogP contribution in [0.3, 0.4) is 0 Å². The zero-order valence-corrected chi connectivity index (χ0v) is 18.9. The van der Waals surface area contributed by atoms with Gasteiger partial charge in [-0.15, -0.1) is 0 Å². The summed E-state index contributed by atoms with van der Waals surface area (Å²) in [7, 11) is 0. The van der Waals surface area contributed by atoms with Crippen LogP contribution in [0.5, 0.6) is 5.75 Å². The number of rotatable bonds is 12. The van der Waals surface area contributed by atoms with Gasteiger partial charge >= 0.3 is 5.97 Å². The number of amides is 3. The minimum atomic E-state index is -1.22. The molecule has 0 aliphatic carbocycles. The van der Waals surface area contributed by atoms with Crippen molar-refractivity contribution in [1.82, 2.24) is 16.0 Å². The molecule has 3 unspecified atom stereocenters. The summed E-state index contributed by atoms with van der Waals surface area (Å²) >= 11 is 0. The highest BCUT2D eigenvalue weighted by Gasteiger charge is 2.29. The predicted octanol–water partition coefficient (Wildman–Crippen LogP) is 0.135. The van der Waals surface area contributed by atoms with E-state index >= 15 is 0 Å². The summed E-state index contributed by atoms with van der Waals surface area (Å²) in [5, 5.41) is 25.8. The Kier molecular flexibility index (Phi) is 10.6. The molecular weight excluding hydrogens is 416 g/mol. The normalized spacial score (nSPS) is 13.8. The van der Waals surface area contributed by atoms with E-state index in [1.165, 1.54) is 12.1 Å². The first-order valence-electron chi connectivity index (χ1n) is 10.5. The van der Waals surface area contributed by atoms with Crippen molar-refractivity contribution in [2.45, 2.75) is 58.7 Å². The minimum absolute atomic E-state index is 0.0471. The maximum atomic E-state index is 13.0. The second kappa shape index (κ2) is 12.7. The van der Waals surface area contributed by atoms with E-state index in [0.29, 0.717) is 12.0 Å². The number of carbonyl (C=O) groups is 4. The predicted molar refractivity (Wildman–Crippen MR) is 119 cm³/mol. The molecule has 0 spiro atoms. The molecule has 32 heavy (non-hydrogen) atoms. The van der Waals surface area contributed by atoms with Crippen molar-refractivity contribution < 1.29 is 29.4 Å². The van der Waals surface area contributed by atoms with Gasteiger partial charge in [0, 0.05) is 6.42 Å². The smallest absolute Gasteiger partial charge is 0.322 e. The third-order valence-corrected chi connectivity index (χ3v) is 4.78. The van der Waals surface area contributed by atoms with Gasteiger partial charge in [-0.25, -0.2) is 0 Å². The molecule has 10 heteroatoms. The number of phenols is 1. The summed E-state index contributed by atoms with van der Waals surface area (Å²) in [4.78, 5) is 48.8. The molecule has 3 atom stereocenters. The molecule has 0 saturated heterocycles. The Morgan fingerprint density at radius 3 is 1.97 bits per heavy atom. The van der Waals surface area contributed by atoms with Crippen LogP contribution >= 0.6 is 0 Å². The van der Waals surface area contributed by atoms with Gasteiger partial charge < -0.3 is 31.9 Å². The second-order valence-electron chi connectivity index (χ2n) is 8.50. The van der Waals surface area contributed by atoms with Gasteiger partial charge in [0.25, 0.3) is 0 Å². The number of aromatic hydroxyl groups is 1. The summed E-state index contributed by atoms with van der Waals surface area (Å²) in [6, 6.07) is 3.28. The monoisotopic (exact) mass is 450 g/mol. The number of benzene rings is 1. The van der Waals surface area contributed by atoms with Crippen molar-refractivity contribution in [2.24, 2.45) is 17.6 Å². The third kappa shape index (κ3) is 9.34. The summed E-state index contributed by atoms with van der Waals surface area (Å²) in [6.07, 6.45) is 0.385. The van der Waals surface area contributed by atoms with Gasteiger partial charge in [0.1, 0.15) is 24.4 Å². The van der Waals surface area contributed by atoms with E-state index in [0.717, 1.165) is 0 Å². The van der Waals surface area contributed by atoms with E-state index in [9.17, 15) is 24.3 Å². The molecular formula is C22H34N4O6. The van der Waals surface area contributed by atoms with Gasteiger partial charge in [-0.1, -0.05) is 39.8 Å². The first-order valence-corrected chi connectivity index (χ1v) is 10.5. The molecule has 1 aromatic carbocycles. The summed E-state index contributed by atoms with van der Waals surface area (Å²) in [5.41, 5.74) is 6.53. The van der Waals surface area contributed by atoms with E-state index in [2.05, 4.69) is 16.0 Å². The minimum Gasteiger partial charge on any atom is -0.508 e. The molecule has 178 valence electrons. The van der Waals surface area contributed by atoms with Crippen molar-refractivity contribution in [2.75, 3.05) is 6.54 Å². The Morgan fingerprint density at radius 2 is 1.47 bits per heavy atom. The summed E-state index contributed by atoms with van der Waals surface area (Å²) in [6.45, 7) is 6.77. The topological polar surface area (TPSA) is 171 Å². The molecule has 1 aromatic rings. The van der Waals surface area contributed by atoms with Crippen LogP contribution in [0.1, 0.15) is 39.7 Å². The van der Waals surface area contributed by atoms with Crippen molar-refractivity contribution >= 4 is 23.7 Å². The fourth-order valence-corrected chi connectivity index (χ4v) is 2.91. The molecule has 0 saturated carbocycles. The third-order valence-electron chi connectivity index (χ3n) is 4.78. The highest BCUT2D eigenvalue weighted by molar-refractivity contribution is 5.93. The molecule has 0 fully saturated rings. The average molecular weight is 451 g/mol. The molecule has 0 bridgehead atoms. The molecule has 0 aliphatic rings. The van der Waals surface area contributed by atoms with E-state index in [4.69, 9.17) is 10.8 Å². The number of carboxylic acids is 1. The van der Waals surface area contributed by atoms with Crippen LogP contribution in [0.15, 0.2) is 24.3 Å². The Labute approximate surface area is 187 Å². The highest BCUT2D eigenvalue weighted by atomic mass is 16.4. The highest BCUT2D eigenvalue weighted by Crippen LogP contribution is 2.12. The summed E-state index contributed by atoms with van der Waals surface area (Å²) in [5.74, 6) is -2.95. The van der Waals surface area contributed by atoms with Crippen molar-refractivity contribution in [3.8, 4) is 5.75 Å². The van der Waals surface area contributed by atoms with Gasteiger partial charge in [0.2, 0.25) is 17.7 Å². The van der Waals surface area contributed by atoms with Crippen LogP contribution in [-0.2, 0) is 25.6 Å². The lowest BCUT2D eigenvalue weighted by atomic mass is 9.99. The molecule has 0 heterocycles. The number of aliphatic carboxylic acids is 1. The molecule has 10 nitrogen and oxygen atoms in total. The second-order valence-corrected chi connectivity index (χ2v) is 8.50.